The number of carbonyl (C=O) groups excluding carboxylic acids is 1. The molecule has 31 heavy (non-hydrogen) atoms. The number of aromatic nitrogens is 1. The fraction of sp³-hybridized carbons (Fsp3) is 0.182. The van der Waals surface area contributed by atoms with Crippen molar-refractivity contribution in [1.29, 1.82) is 0 Å². The summed E-state index contributed by atoms with van der Waals surface area (Å²) in [5.41, 5.74) is 1.32. The lowest BCUT2D eigenvalue weighted by Gasteiger charge is -2.06. The van der Waals surface area contributed by atoms with Gasteiger partial charge in [-0.15, -0.1) is 22.7 Å². The fourth-order valence-electron chi connectivity index (χ4n) is 3.07. The number of rotatable bonds is 8. The van der Waals surface area contributed by atoms with Crippen molar-refractivity contribution < 1.29 is 17.6 Å². The van der Waals surface area contributed by atoms with Crippen molar-refractivity contribution in [2.75, 3.05) is 6.54 Å². The van der Waals surface area contributed by atoms with Gasteiger partial charge in [-0.05, 0) is 43.7 Å². The summed E-state index contributed by atoms with van der Waals surface area (Å²) in [4.78, 5) is 19.5. The predicted octanol–water partition coefficient (Wildman–Crippen LogP) is 4.72. The van der Waals surface area contributed by atoms with Crippen LogP contribution in [0, 0.1) is 6.92 Å². The van der Waals surface area contributed by atoms with E-state index in [9.17, 15) is 13.2 Å². The number of amides is 1. The average Bonchev–Trinajstić information content (AvgIpc) is 3.49. The van der Waals surface area contributed by atoms with E-state index in [0.717, 1.165) is 20.5 Å². The van der Waals surface area contributed by atoms with Crippen molar-refractivity contribution >= 4 is 38.4 Å². The number of carbonyl (C=O) groups is 1. The van der Waals surface area contributed by atoms with Crippen LogP contribution in [0.2, 0.25) is 0 Å². The molecule has 0 saturated carbocycles. The van der Waals surface area contributed by atoms with Crippen molar-refractivity contribution in [1.82, 2.24) is 10.3 Å². The molecule has 6 nitrogen and oxygen atoms in total. The minimum atomic E-state index is -3.57. The molecule has 0 bridgehead atoms. The van der Waals surface area contributed by atoms with Gasteiger partial charge in [0.15, 0.2) is 15.6 Å². The maximum atomic E-state index is 12.6. The summed E-state index contributed by atoms with van der Waals surface area (Å²) in [6.45, 7) is 2.40. The van der Waals surface area contributed by atoms with E-state index in [-0.39, 0.29) is 16.4 Å². The number of furan rings is 1. The van der Waals surface area contributed by atoms with E-state index in [4.69, 9.17) is 4.42 Å². The van der Waals surface area contributed by atoms with Crippen LogP contribution in [0.1, 0.15) is 26.0 Å². The second kappa shape index (κ2) is 9.17. The Morgan fingerprint density at radius 3 is 2.68 bits per heavy atom. The van der Waals surface area contributed by atoms with Crippen LogP contribution in [0.3, 0.4) is 0 Å². The van der Waals surface area contributed by atoms with E-state index >= 15 is 0 Å². The third-order valence-corrected chi connectivity index (χ3v) is 8.21. The molecule has 1 N–H and O–H groups in total. The van der Waals surface area contributed by atoms with Crippen LogP contribution >= 0.6 is 22.7 Å². The van der Waals surface area contributed by atoms with Crippen LogP contribution in [0.5, 0.6) is 0 Å². The first-order chi connectivity index (χ1) is 14.9. The number of nitrogens with zero attached hydrogens (tertiary/aromatic N) is 1. The minimum Gasteiger partial charge on any atom is -0.459 e. The number of nitrogens with one attached hydrogen (secondary N) is 1. The molecule has 3 aromatic heterocycles. The Morgan fingerprint density at radius 2 is 1.94 bits per heavy atom. The van der Waals surface area contributed by atoms with Gasteiger partial charge in [0.2, 0.25) is 0 Å². The van der Waals surface area contributed by atoms with Gasteiger partial charge in [0.25, 0.3) is 5.91 Å². The van der Waals surface area contributed by atoms with Gasteiger partial charge >= 0.3 is 0 Å². The SMILES string of the molecule is Cc1nc(-c2ccc(CCNC(=O)c3occc3CS(=O)(=O)c3ccccc3)s2)cs1. The normalized spacial score (nSPS) is 11.5. The maximum absolute atomic E-state index is 12.6. The molecule has 0 atom stereocenters. The van der Waals surface area contributed by atoms with E-state index in [1.54, 1.807) is 40.9 Å². The first-order valence-corrected chi connectivity index (χ1v) is 12.9. The molecule has 9 heteroatoms. The molecule has 0 spiro atoms. The number of benzene rings is 1. The highest BCUT2D eigenvalue weighted by atomic mass is 32.2. The van der Waals surface area contributed by atoms with E-state index in [1.807, 2.05) is 24.4 Å². The lowest BCUT2D eigenvalue weighted by atomic mass is 10.2. The van der Waals surface area contributed by atoms with Gasteiger partial charge in [-0.3, -0.25) is 4.79 Å². The molecule has 3 heterocycles. The molecule has 0 unspecified atom stereocenters. The van der Waals surface area contributed by atoms with Gasteiger partial charge in [0.1, 0.15) is 0 Å². The quantitative estimate of drug-likeness (QED) is 0.401. The Labute approximate surface area is 188 Å². The molecule has 0 radical (unpaired) electrons. The number of thiazole rings is 1. The lowest BCUT2D eigenvalue weighted by Crippen LogP contribution is -2.26. The minimum absolute atomic E-state index is 0.0318. The van der Waals surface area contributed by atoms with Crippen LogP contribution in [0.4, 0.5) is 0 Å². The summed E-state index contributed by atoms with van der Waals surface area (Å²) in [5.74, 6) is -0.683. The monoisotopic (exact) mass is 472 g/mol. The Bertz CT molecular complexity index is 1290. The van der Waals surface area contributed by atoms with E-state index < -0.39 is 15.7 Å². The molecule has 0 aliphatic rings. The number of thiophene rings is 1. The Balaban J connectivity index is 1.36. The first-order valence-electron chi connectivity index (χ1n) is 9.56. The summed E-state index contributed by atoms with van der Waals surface area (Å²) in [6.07, 6.45) is 2.00. The zero-order chi connectivity index (χ0) is 21.8. The van der Waals surface area contributed by atoms with E-state index in [0.29, 0.717) is 18.5 Å². The predicted molar refractivity (Wildman–Crippen MR) is 122 cm³/mol. The van der Waals surface area contributed by atoms with Gasteiger partial charge in [0.05, 0.1) is 32.5 Å². The third-order valence-electron chi connectivity index (χ3n) is 4.59. The molecule has 0 aliphatic carbocycles. The summed E-state index contributed by atoms with van der Waals surface area (Å²) in [5, 5.41) is 5.88. The van der Waals surface area contributed by atoms with Crippen LogP contribution < -0.4 is 5.32 Å². The summed E-state index contributed by atoms with van der Waals surface area (Å²) in [7, 11) is -3.57. The Morgan fingerprint density at radius 1 is 1.13 bits per heavy atom. The molecule has 1 amide bonds. The molecule has 1 aromatic carbocycles. The van der Waals surface area contributed by atoms with Crippen molar-refractivity contribution in [3.8, 4) is 10.6 Å². The number of sulfone groups is 1. The van der Waals surface area contributed by atoms with Crippen LogP contribution in [-0.4, -0.2) is 25.9 Å². The molecule has 0 aliphatic heterocycles. The van der Waals surface area contributed by atoms with Crippen LogP contribution in [0.15, 0.2) is 69.5 Å². The molecule has 4 aromatic rings. The largest absolute Gasteiger partial charge is 0.459 e. The molecule has 0 saturated heterocycles. The van der Waals surface area contributed by atoms with Gasteiger partial charge in [-0.1, -0.05) is 18.2 Å². The third kappa shape index (κ3) is 5.12. The van der Waals surface area contributed by atoms with Crippen molar-refractivity contribution in [3.63, 3.8) is 0 Å². The smallest absolute Gasteiger partial charge is 0.287 e. The molecule has 0 fully saturated rings. The average molecular weight is 473 g/mol. The number of aryl methyl sites for hydroxylation is 1. The second-order valence-corrected chi connectivity index (χ2v) is 11.1. The van der Waals surface area contributed by atoms with Gasteiger partial charge in [-0.25, -0.2) is 13.4 Å². The Hall–Kier alpha value is -2.75. The summed E-state index contributed by atoms with van der Waals surface area (Å²) < 4.78 is 30.5. The second-order valence-electron chi connectivity index (χ2n) is 6.87. The molecule has 160 valence electrons. The highest BCUT2D eigenvalue weighted by molar-refractivity contribution is 7.90. The van der Waals surface area contributed by atoms with Gasteiger partial charge < -0.3 is 9.73 Å². The first kappa shape index (κ1) is 21.5. The zero-order valence-corrected chi connectivity index (χ0v) is 19.1. The highest BCUT2D eigenvalue weighted by Gasteiger charge is 2.22. The van der Waals surface area contributed by atoms with Crippen LogP contribution in [0.25, 0.3) is 10.6 Å². The summed E-state index contributed by atoms with van der Waals surface area (Å²) in [6, 6.07) is 13.8. The summed E-state index contributed by atoms with van der Waals surface area (Å²) >= 11 is 3.26. The molecular formula is C22H20N2O4S3. The number of hydrogen-bond donors (Lipinski definition) is 1. The van der Waals surface area contributed by atoms with Crippen molar-refractivity contribution in [3.05, 3.63) is 81.4 Å². The van der Waals surface area contributed by atoms with E-state index in [2.05, 4.69) is 10.3 Å². The lowest BCUT2D eigenvalue weighted by molar-refractivity contribution is 0.0925. The van der Waals surface area contributed by atoms with Crippen molar-refractivity contribution in [2.45, 2.75) is 24.0 Å². The van der Waals surface area contributed by atoms with Gasteiger partial charge in [-0.2, -0.15) is 0 Å². The van der Waals surface area contributed by atoms with Gasteiger partial charge in [0, 0.05) is 22.4 Å². The Kier molecular flexibility index (Phi) is 6.35. The molecule has 4 rings (SSSR count). The highest BCUT2D eigenvalue weighted by Crippen LogP contribution is 2.29. The van der Waals surface area contributed by atoms with Crippen LogP contribution in [-0.2, 0) is 22.0 Å². The number of hydrogen-bond acceptors (Lipinski definition) is 7. The standard InChI is InChI=1S/C22H20N2O4S3/c1-15-24-19(13-29-15)20-8-7-17(30-20)9-11-23-22(25)21-16(10-12-28-21)14-31(26,27)18-5-3-2-4-6-18/h2-8,10,12-13H,9,11,14H2,1H3,(H,23,25). The van der Waals surface area contributed by atoms with Crippen molar-refractivity contribution in [2.24, 2.45) is 0 Å². The molecular weight excluding hydrogens is 452 g/mol. The maximum Gasteiger partial charge on any atom is 0.287 e. The van der Waals surface area contributed by atoms with E-state index in [1.165, 1.54) is 24.5 Å². The fourth-order valence-corrected chi connectivity index (χ4v) is 6.10. The zero-order valence-electron chi connectivity index (χ0n) is 16.7. The topological polar surface area (TPSA) is 89.3 Å².